The van der Waals surface area contributed by atoms with Crippen LogP contribution in [0.25, 0.3) is 0 Å². The van der Waals surface area contributed by atoms with E-state index in [1.165, 1.54) is 6.07 Å². The molecule has 4 nitrogen and oxygen atoms in total. The number of ketones is 1. The Bertz CT molecular complexity index is 892. The molecule has 0 radical (unpaired) electrons. The summed E-state index contributed by atoms with van der Waals surface area (Å²) in [6, 6.07) is 10.6. The van der Waals surface area contributed by atoms with Gasteiger partial charge in [0.2, 0.25) is 0 Å². The Balaban J connectivity index is 1.65. The van der Waals surface area contributed by atoms with E-state index in [0.29, 0.717) is 23.8 Å². The quantitative estimate of drug-likeness (QED) is 0.799. The van der Waals surface area contributed by atoms with Crippen molar-refractivity contribution in [3.8, 4) is 11.5 Å². The molecule has 0 saturated carbocycles. The Morgan fingerprint density at radius 1 is 1.10 bits per heavy atom. The van der Waals surface area contributed by atoms with Crippen molar-refractivity contribution >= 4 is 5.78 Å². The van der Waals surface area contributed by atoms with E-state index in [2.05, 4.69) is 5.32 Å². The molecule has 0 spiro atoms. The Hall–Kier alpha value is -2.40. The predicted molar refractivity (Wildman–Crippen MR) is 110 cm³/mol. The molecule has 154 valence electrons. The SMILES string of the molecule is COc1cc2c(cc1OC)C(=O)C(C(Cc1cccc(F)c1)C1CCNCC1)C2. The molecule has 1 N–H and O–H groups in total. The maximum atomic E-state index is 13.8. The third-order valence-corrected chi connectivity index (χ3v) is 6.52. The summed E-state index contributed by atoms with van der Waals surface area (Å²) in [4.78, 5) is 13.4. The van der Waals surface area contributed by atoms with Gasteiger partial charge in [-0.2, -0.15) is 0 Å². The number of fused-ring (bicyclic) bond motifs is 1. The van der Waals surface area contributed by atoms with E-state index in [9.17, 15) is 9.18 Å². The number of carbonyl (C=O) groups is 1. The first-order valence-electron chi connectivity index (χ1n) is 10.3. The highest BCUT2D eigenvalue weighted by molar-refractivity contribution is 6.03. The van der Waals surface area contributed by atoms with Crippen molar-refractivity contribution in [1.82, 2.24) is 5.32 Å². The summed E-state index contributed by atoms with van der Waals surface area (Å²) in [5.74, 6) is 1.76. The standard InChI is InChI=1S/C24H28FNO3/c1-28-22-13-17-12-21(24(27)20(17)14-23(22)29-2)19(16-6-8-26-9-7-16)11-15-4-3-5-18(25)10-15/h3-5,10,13-14,16,19,21,26H,6-9,11-12H2,1-2H3. The topological polar surface area (TPSA) is 47.6 Å². The molecule has 2 aromatic rings. The minimum atomic E-state index is -0.220. The van der Waals surface area contributed by atoms with Crippen molar-refractivity contribution in [3.05, 3.63) is 58.9 Å². The fourth-order valence-corrected chi connectivity index (χ4v) is 5.04. The van der Waals surface area contributed by atoms with Gasteiger partial charge in [-0.1, -0.05) is 12.1 Å². The molecule has 0 aromatic heterocycles. The van der Waals surface area contributed by atoms with Gasteiger partial charge in [-0.05, 0) is 86.0 Å². The van der Waals surface area contributed by atoms with Crippen LogP contribution in [0.4, 0.5) is 4.39 Å². The van der Waals surface area contributed by atoms with Gasteiger partial charge in [-0.25, -0.2) is 4.39 Å². The van der Waals surface area contributed by atoms with Crippen LogP contribution in [0, 0.1) is 23.6 Å². The lowest BCUT2D eigenvalue weighted by Crippen LogP contribution is -2.37. The molecule has 1 fully saturated rings. The number of rotatable bonds is 6. The van der Waals surface area contributed by atoms with Crippen LogP contribution in [-0.2, 0) is 12.8 Å². The summed E-state index contributed by atoms with van der Waals surface area (Å²) in [5.41, 5.74) is 2.73. The minimum absolute atomic E-state index is 0.0896. The first kappa shape index (κ1) is 19.9. The molecule has 5 heteroatoms. The van der Waals surface area contributed by atoms with E-state index in [1.54, 1.807) is 26.4 Å². The Morgan fingerprint density at radius 3 is 2.52 bits per heavy atom. The van der Waals surface area contributed by atoms with Crippen molar-refractivity contribution in [2.75, 3.05) is 27.3 Å². The van der Waals surface area contributed by atoms with Gasteiger partial charge in [0.05, 0.1) is 14.2 Å². The van der Waals surface area contributed by atoms with E-state index in [-0.39, 0.29) is 23.4 Å². The maximum Gasteiger partial charge on any atom is 0.166 e. The molecule has 0 bridgehead atoms. The van der Waals surface area contributed by atoms with Gasteiger partial charge in [0.1, 0.15) is 5.82 Å². The molecular formula is C24H28FNO3. The summed E-state index contributed by atoms with van der Waals surface area (Å²) in [5, 5.41) is 3.41. The molecule has 1 aliphatic carbocycles. The number of benzene rings is 2. The minimum Gasteiger partial charge on any atom is -0.493 e. The second-order valence-electron chi connectivity index (χ2n) is 8.12. The molecule has 2 aromatic carbocycles. The van der Waals surface area contributed by atoms with Gasteiger partial charge >= 0.3 is 0 Å². The normalized spacial score (nSPS) is 20.4. The van der Waals surface area contributed by atoms with Gasteiger partial charge in [0.15, 0.2) is 17.3 Å². The van der Waals surface area contributed by atoms with E-state index < -0.39 is 0 Å². The maximum absolute atomic E-state index is 13.8. The average molecular weight is 397 g/mol. The van der Waals surface area contributed by atoms with Gasteiger partial charge in [0, 0.05) is 11.5 Å². The summed E-state index contributed by atoms with van der Waals surface area (Å²) in [7, 11) is 3.20. The fourth-order valence-electron chi connectivity index (χ4n) is 5.04. The lowest BCUT2D eigenvalue weighted by atomic mass is 9.72. The molecule has 1 saturated heterocycles. The largest absolute Gasteiger partial charge is 0.493 e. The van der Waals surface area contributed by atoms with Gasteiger partial charge < -0.3 is 14.8 Å². The number of piperidine rings is 1. The second-order valence-corrected chi connectivity index (χ2v) is 8.12. The lowest BCUT2D eigenvalue weighted by molar-refractivity contribution is 0.0831. The first-order valence-corrected chi connectivity index (χ1v) is 10.3. The zero-order valence-corrected chi connectivity index (χ0v) is 17.0. The summed E-state index contributed by atoms with van der Waals surface area (Å²) in [6.07, 6.45) is 3.53. The number of hydrogen-bond donors (Lipinski definition) is 1. The highest BCUT2D eigenvalue weighted by Gasteiger charge is 2.40. The average Bonchev–Trinajstić information content (AvgIpc) is 3.07. The van der Waals surface area contributed by atoms with Crippen LogP contribution < -0.4 is 14.8 Å². The number of carbonyl (C=O) groups excluding carboxylic acids is 1. The number of hydrogen-bond acceptors (Lipinski definition) is 4. The van der Waals surface area contributed by atoms with Gasteiger partial charge in [0.25, 0.3) is 0 Å². The third kappa shape index (κ3) is 4.01. The smallest absolute Gasteiger partial charge is 0.166 e. The Kier molecular flexibility index (Phi) is 5.86. The summed E-state index contributed by atoms with van der Waals surface area (Å²) >= 11 is 0. The van der Waals surface area contributed by atoms with E-state index in [0.717, 1.165) is 49.0 Å². The number of halogens is 1. The Labute approximate surface area is 171 Å². The van der Waals surface area contributed by atoms with Gasteiger partial charge in [-0.3, -0.25) is 4.79 Å². The van der Waals surface area contributed by atoms with Crippen LogP contribution >= 0.6 is 0 Å². The highest BCUT2D eigenvalue weighted by atomic mass is 19.1. The molecule has 4 rings (SSSR count). The molecule has 1 heterocycles. The van der Waals surface area contributed by atoms with Gasteiger partial charge in [-0.15, -0.1) is 0 Å². The fraction of sp³-hybridized carbons (Fsp3) is 0.458. The van der Waals surface area contributed by atoms with E-state index in [1.807, 2.05) is 18.2 Å². The zero-order valence-electron chi connectivity index (χ0n) is 17.0. The number of Topliss-reactive ketones (excluding diaryl/α,β-unsaturated/α-hetero) is 1. The molecule has 0 amide bonds. The molecule has 2 aliphatic rings. The summed E-state index contributed by atoms with van der Waals surface area (Å²) < 4.78 is 24.6. The lowest BCUT2D eigenvalue weighted by Gasteiger charge is -2.34. The molecule has 29 heavy (non-hydrogen) atoms. The molecule has 2 atom stereocenters. The van der Waals surface area contributed by atoms with Crippen LogP contribution in [0.5, 0.6) is 11.5 Å². The molecular weight excluding hydrogens is 369 g/mol. The number of ether oxygens (including phenoxy) is 2. The van der Waals surface area contributed by atoms with Crippen molar-refractivity contribution < 1.29 is 18.7 Å². The van der Waals surface area contributed by atoms with Crippen LogP contribution in [0.1, 0.15) is 34.3 Å². The van der Waals surface area contributed by atoms with Crippen molar-refractivity contribution in [2.24, 2.45) is 17.8 Å². The summed E-state index contributed by atoms with van der Waals surface area (Å²) in [6.45, 7) is 1.94. The van der Waals surface area contributed by atoms with Crippen molar-refractivity contribution in [3.63, 3.8) is 0 Å². The second kappa shape index (κ2) is 8.54. The van der Waals surface area contributed by atoms with E-state index in [4.69, 9.17) is 9.47 Å². The van der Waals surface area contributed by atoms with Crippen molar-refractivity contribution in [2.45, 2.75) is 25.7 Å². The zero-order chi connectivity index (χ0) is 20.4. The predicted octanol–water partition coefficient (Wildman–Crippen LogP) is 4.06. The molecule has 1 aliphatic heterocycles. The van der Waals surface area contributed by atoms with Crippen LogP contribution in [0.2, 0.25) is 0 Å². The van der Waals surface area contributed by atoms with Crippen LogP contribution in [-0.4, -0.2) is 33.1 Å². The number of methoxy groups -OCH3 is 2. The van der Waals surface area contributed by atoms with Crippen molar-refractivity contribution in [1.29, 1.82) is 0 Å². The number of nitrogens with one attached hydrogen (secondary N) is 1. The monoisotopic (exact) mass is 397 g/mol. The Morgan fingerprint density at radius 2 is 1.83 bits per heavy atom. The third-order valence-electron chi connectivity index (χ3n) is 6.52. The van der Waals surface area contributed by atoms with Crippen LogP contribution in [0.15, 0.2) is 36.4 Å². The first-order chi connectivity index (χ1) is 14.1. The highest BCUT2D eigenvalue weighted by Crippen LogP contribution is 2.42. The van der Waals surface area contributed by atoms with Crippen LogP contribution in [0.3, 0.4) is 0 Å². The van der Waals surface area contributed by atoms with E-state index >= 15 is 0 Å². The molecule has 2 unspecified atom stereocenters.